The Kier molecular flexibility index (Phi) is 5.90. The summed E-state index contributed by atoms with van der Waals surface area (Å²) in [5.74, 6) is 1.51. The summed E-state index contributed by atoms with van der Waals surface area (Å²) in [6.45, 7) is 2.48. The highest BCUT2D eigenvalue weighted by molar-refractivity contribution is 5.97. The van der Waals surface area contributed by atoms with E-state index in [1.807, 2.05) is 48.5 Å². The predicted molar refractivity (Wildman–Crippen MR) is 112 cm³/mol. The van der Waals surface area contributed by atoms with Crippen molar-refractivity contribution in [3.05, 3.63) is 59.7 Å². The lowest BCUT2D eigenvalue weighted by atomic mass is 9.98. The SMILES string of the molecule is COc1ccc(C[C@@H]2NC(=O)[C@H]3CN(Cc4ccccc4OC)CCN3C2=O)cc1. The molecule has 2 aliphatic rings. The second kappa shape index (κ2) is 8.75. The molecule has 2 heterocycles. The fourth-order valence-electron chi connectivity index (χ4n) is 4.21. The van der Waals surface area contributed by atoms with E-state index in [4.69, 9.17) is 9.47 Å². The highest BCUT2D eigenvalue weighted by atomic mass is 16.5. The van der Waals surface area contributed by atoms with E-state index < -0.39 is 12.1 Å². The van der Waals surface area contributed by atoms with E-state index in [0.717, 1.165) is 29.2 Å². The van der Waals surface area contributed by atoms with Crippen molar-refractivity contribution in [3.8, 4) is 11.5 Å². The molecule has 0 bridgehead atoms. The first-order valence-corrected chi connectivity index (χ1v) is 10.2. The molecule has 0 aliphatic carbocycles. The Morgan fingerprint density at radius 3 is 2.50 bits per heavy atom. The van der Waals surface area contributed by atoms with Gasteiger partial charge in [-0.3, -0.25) is 14.5 Å². The van der Waals surface area contributed by atoms with E-state index in [-0.39, 0.29) is 11.8 Å². The number of hydrogen-bond donors (Lipinski definition) is 1. The Hall–Kier alpha value is -3.06. The van der Waals surface area contributed by atoms with Crippen LogP contribution < -0.4 is 14.8 Å². The van der Waals surface area contributed by atoms with E-state index in [1.165, 1.54) is 0 Å². The maximum Gasteiger partial charge on any atom is 0.246 e. The van der Waals surface area contributed by atoms with Gasteiger partial charge < -0.3 is 19.7 Å². The Balaban J connectivity index is 1.41. The van der Waals surface area contributed by atoms with Gasteiger partial charge in [0, 0.05) is 38.2 Å². The summed E-state index contributed by atoms with van der Waals surface area (Å²) in [6.07, 6.45) is 0.475. The molecule has 0 radical (unpaired) electrons. The first-order valence-electron chi connectivity index (χ1n) is 10.2. The minimum atomic E-state index is -0.525. The molecule has 2 aromatic rings. The molecule has 0 unspecified atom stereocenters. The molecule has 4 rings (SSSR count). The number of piperazine rings is 2. The number of para-hydroxylation sites is 1. The van der Waals surface area contributed by atoms with Crippen LogP contribution in [-0.4, -0.2) is 67.6 Å². The fourth-order valence-corrected chi connectivity index (χ4v) is 4.21. The van der Waals surface area contributed by atoms with Crippen molar-refractivity contribution in [2.45, 2.75) is 25.0 Å². The molecule has 2 aliphatic heterocycles. The van der Waals surface area contributed by atoms with Crippen LogP contribution in [0.5, 0.6) is 11.5 Å². The summed E-state index contributed by atoms with van der Waals surface area (Å²) in [5, 5.41) is 2.94. The first-order chi connectivity index (χ1) is 14.6. The number of fused-ring (bicyclic) bond motifs is 1. The van der Waals surface area contributed by atoms with Crippen LogP contribution in [0.4, 0.5) is 0 Å². The topological polar surface area (TPSA) is 71.1 Å². The van der Waals surface area contributed by atoms with Gasteiger partial charge in [-0.05, 0) is 23.8 Å². The minimum absolute atomic E-state index is 0.00707. The molecular weight excluding hydrogens is 382 g/mol. The molecule has 2 atom stereocenters. The predicted octanol–water partition coefficient (Wildman–Crippen LogP) is 1.46. The van der Waals surface area contributed by atoms with Crippen molar-refractivity contribution in [2.75, 3.05) is 33.9 Å². The zero-order chi connectivity index (χ0) is 21.1. The quantitative estimate of drug-likeness (QED) is 0.782. The minimum Gasteiger partial charge on any atom is -0.497 e. The third-order valence-electron chi connectivity index (χ3n) is 5.85. The molecule has 0 aromatic heterocycles. The highest BCUT2D eigenvalue weighted by Crippen LogP contribution is 2.23. The van der Waals surface area contributed by atoms with Crippen molar-refractivity contribution in [1.82, 2.24) is 15.1 Å². The van der Waals surface area contributed by atoms with Gasteiger partial charge in [0.2, 0.25) is 11.8 Å². The van der Waals surface area contributed by atoms with Crippen LogP contribution >= 0.6 is 0 Å². The Morgan fingerprint density at radius 2 is 1.77 bits per heavy atom. The van der Waals surface area contributed by atoms with Crippen LogP contribution in [-0.2, 0) is 22.6 Å². The molecular formula is C23H27N3O4. The molecule has 1 N–H and O–H groups in total. The van der Waals surface area contributed by atoms with E-state index in [2.05, 4.69) is 10.2 Å². The summed E-state index contributed by atoms with van der Waals surface area (Å²) in [7, 11) is 3.28. The molecule has 0 spiro atoms. The number of amides is 2. The summed E-state index contributed by atoms with van der Waals surface area (Å²) in [6, 6.07) is 14.5. The van der Waals surface area contributed by atoms with Gasteiger partial charge in [-0.15, -0.1) is 0 Å². The molecule has 0 saturated carbocycles. The smallest absolute Gasteiger partial charge is 0.246 e. The van der Waals surface area contributed by atoms with Gasteiger partial charge in [0.1, 0.15) is 23.6 Å². The van der Waals surface area contributed by atoms with E-state index in [9.17, 15) is 9.59 Å². The first kappa shape index (κ1) is 20.2. The molecule has 30 heavy (non-hydrogen) atoms. The highest BCUT2D eigenvalue weighted by Gasteiger charge is 2.43. The maximum atomic E-state index is 13.0. The van der Waals surface area contributed by atoms with Crippen molar-refractivity contribution in [2.24, 2.45) is 0 Å². The number of hydrogen-bond acceptors (Lipinski definition) is 5. The van der Waals surface area contributed by atoms with Crippen LogP contribution in [0.25, 0.3) is 0 Å². The lowest BCUT2D eigenvalue weighted by molar-refractivity contribution is -0.153. The van der Waals surface area contributed by atoms with Gasteiger partial charge in [0.05, 0.1) is 14.2 Å². The number of ether oxygens (including phenoxy) is 2. The van der Waals surface area contributed by atoms with E-state index in [1.54, 1.807) is 19.1 Å². The van der Waals surface area contributed by atoms with Crippen molar-refractivity contribution >= 4 is 11.8 Å². The molecule has 2 aromatic carbocycles. The van der Waals surface area contributed by atoms with Gasteiger partial charge in [-0.1, -0.05) is 30.3 Å². The summed E-state index contributed by atoms with van der Waals surface area (Å²) in [5.41, 5.74) is 2.07. The second-order valence-electron chi connectivity index (χ2n) is 7.71. The molecule has 7 heteroatoms. The Bertz CT molecular complexity index is 915. The summed E-state index contributed by atoms with van der Waals surface area (Å²) >= 11 is 0. The van der Waals surface area contributed by atoms with Crippen LogP contribution in [0.2, 0.25) is 0 Å². The molecule has 158 valence electrons. The zero-order valence-corrected chi connectivity index (χ0v) is 17.3. The normalized spacial score (nSPS) is 21.7. The van der Waals surface area contributed by atoms with Crippen LogP contribution in [0, 0.1) is 0 Å². The van der Waals surface area contributed by atoms with Crippen LogP contribution in [0.3, 0.4) is 0 Å². The van der Waals surface area contributed by atoms with Crippen molar-refractivity contribution < 1.29 is 19.1 Å². The second-order valence-corrected chi connectivity index (χ2v) is 7.71. The lowest BCUT2D eigenvalue weighted by Crippen LogP contribution is -2.69. The monoisotopic (exact) mass is 409 g/mol. The fraction of sp³-hybridized carbons (Fsp3) is 0.391. The van der Waals surface area contributed by atoms with E-state index in [0.29, 0.717) is 26.1 Å². The largest absolute Gasteiger partial charge is 0.497 e. The van der Waals surface area contributed by atoms with Gasteiger partial charge in [-0.25, -0.2) is 0 Å². The third kappa shape index (κ3) is 4.11. The third-order valence-corrected chi connectivity index (χ3v) is 5.85. The molecule has 2 amide bonds. The van der Waals surface area contributed by atoms with Crippen molar-refractivity contribution in [1.29, 1.82) is 0 Å². The Morgan fingerprint density at radius 1 is 1.00 bits per heavy atom. The summed E-state index contributed by atoms with van der Waals surface area (Å²) < 4.78 is 10.6. The van der Waals surface area contributed by atoms with E-state index >= 15 is 0 Å². The van der Waals surface area contributed by atoms with Gasteiger partial charge >= 0.3 is 0 Å². The number of nitrogens with one attached hydrogen (secondary N) is 1. The lowest BCUT2D eigenvalue weighted by Gasteiger charge is -2.45. The molecule has 7 nitrogen and oxygen atoms in total. The standard InChI is InChI=1S/C23H27N3O4/c1-29-18-9-7-16(8-10-18)13-19-23(28)26-12-11-25(15-20(26)22(27)24-19)14-17-5-3-4-6-21(17)30-2/h3-10,19-20H,11-15H2,1-2H3,(H,24,27)/t19-,20+/m0/s1. The Labute approximate surface area is 176 Å². The summed E-state index contributed by atoms with van der Waals surface area (Å²) in [4.78, 5) is 29.8. The average molecular weight is 409 g/mol. The number of carbonyl (C=O) groups is 2. The number of nitrogens with zero attached hydrogens (tertiary/aromatic N) is 2. The van der Waals surface area contributed by atoms with Crippen LogP contribution in [0.15, 0.2) is 48.5 Å². The van der Waals surface area contributed by atoms with Gasteiger partial charge in [-0.2, -0.15) is 0 Å². The van der Waals surface area contributed by atoms with Crippen LogP contribution in [0.1, 0.15) is 11.1 Å². The van der Waals surface area contributed by atoms with Gasteiger partial charge in [0.25, 0.3) is 0 Å². The molecule has 2 fully saturated rings. The number of carbonyl (C=O) groups excluding carboxylic acids is 2. The number of methoxy groups -OCH3 is 2. The number of rotatable bonds is 6. The maximum absolute atomic E-state index is 13.0. The molecule has 2 saturated heterocycles. The zero-order valence-electron chi connectivity index (χ0n) is 17.3. The van der Waals surface area contributed by atoms with Gasteiger partial charge in [0.15, 0.2) is 0 Å². The number of benzene rings is 2. The average Bonchev–Trinajstić information content (AvgIpc) is 2.78. The van der Waals surface area contributed by atoms with Crippen molar-refractivity contribution in [3.63, 3.8) is 0 Å².